The summed E-state index contributed by atoms with van der Waals surface area (Å²) < 4.78 is 32.2. The molecule has 0 amide bonds. The third-order valence-electron chi connectivity index (χ3n) is 3.02. The highest BCUT2D eigenvalue weighted by Crippen LogP contribution is 2.21. The third kappa shape index (κ3) is 6.88. The number of sulfonamides is 1. The Hall–Kier alpha value is -0.470. The Balaban J connectivity index is 2.44. The number of hydrogen-bond acceptors (Lipinski definition) is 5. The fraction of sp³-hybridized carbons (Fsp3) is 0.714. The average molecular weight is 335 g/mol. The van der Waals surface area contributed by atoms with Crippen LogP contribution in [-0.4, -0.2) is 35.2 Å². The number of methoxy groups -OCH3 is 1. The van der Waals surface area contributed by atoms with Crippen LogP contribution in [0.2, 0.25) is 0 Å². The number of unbranched alkanes of at least 4 members (excludes halogenated alkanes) is 2. The van der Waals surface area contributed by atoms with Gasteiger partial charge in [0.15, 0.2) is 0 Å². The highest BCUT2D eigenvalue weighted by atomic mass is 32.2. The third-order valence-corrected chi connectivity index (χ3v) is 5.62. The quantitative estimate of drug-likeness (QED) is 0.576. The number of thiophene rings is 1. The van der Waals surface area contributed by atoms with E-state index >= 15 is 0 Å². The Morgan fingerprint density at radius 2 is 2.05 bits per heavy atom. The van der Waals surface area contributed by atoms with Gasteiger partial charge < -0.3 is 10.1 Å². The Morgan fingerprint density at radius 3 is 2.76 bits per heavy atom. The molecule has 2 N–H and O–H groups in total. The predicted molar refractivity (Wildman–Crippen MR) is 87.2 cm³/mol. The Bertz CT molecular complexity index is 486. The van der Waals surface area contributed by atoms with Crippen molar-refractivity contribution in [3.05, 3.63) is 16.3 Å². The van der Waals surface area contributed by atoms with E-state index in [1.807, 2.05) is 5.38 Å². The zero-order valence-electron chi connectivity index (χ0n) is 12.9. The van der Waals surface area contributed by atoms with Crippen molar-refractivity contribution in [1.29, 1.82) is 0 Å². The van der Waals surface area contributed by atoms with Gasteiger partial charge in [0.05, 0.1) is 4.90 Å². The van der Waals surface area contributed by atoms with E-state index in [9.17, 15) is 8.42 Å². The molecule has 0 bridgehead atoms. The lowest BCUT2D eigenvalue weighted by molar-refractivity contribution is 0.192. The van der Waals surface area contributed by atoms with Crippen LogP contribution >= 0.6 is 11.3 Å². The van der Waals surface area contributed by atoms with Gasteiger partial charge in [0.25, 0.3) is 0 Å². The summed E-state index contributed by atoms with van der Waals surface area (Å²) in [7, 11) is -1.71. The zero-order chi connectivity index (χ0) is 15.6. The average Bonchev–Trinajstić information content (AvgIpc) is 2.92. The van der Waals surface area contributed by atoms with Crippen LogP contribution in [0.3, 0.4) is 0 Å². The van der Waals surface area contributed by atoms with Crippen molar-refractivity contribution in [2.75, 3.05) is 26.8 Å². The highest BCUT2D eigenvalue weighted by molar-refractivity contribution is 7.89. The molecule has 0 saturated heterocycles. The minimum Gasteiger partial charge on any atom is -0.385 e. The van der Waals surface area contributed by atoms with Gasteiger partial charge in [-0.15, -0.1) is 11.3 Å². The summed E-state index contributed by atoms with van der Waals surface area (Å²) in [5, 5.41) is 5.07. The Labute approximate surface area is 132 Å². The van der Waals surface area contributed by atoms with Gasteiger partial charge in [0, 0.05) is 31.7 Å². The first-order chi connectivity index (χ1) is 10.1. The van der Waals surface area contributed by atoms with Gasteiger partial charge in [0.2, 0.25) is 10.0 Å². The summed E-state index contributed by atoms with van der Waals surface area (Å²) in [6.07, 6.45) is 3.79. The molecule has 0 fully saturated rings. The van der Waals surface area contributed by atoms with E-state index in [4.69, 9.17) is 4.74 Å². The molecule has 1 heterocycles. The van der Waals surface area contributed by atoms with Crippen molar-refractivity contribution >= 4 is 21.4 Å². The first-order valence-corrected chi connectivity index (χ1v) is 9.73. The van der Waals surface area contributed by atoms with Gasteiger partial charge in [0.1, 0.15) is 0 Å². The molecule has 7 heteroatoms. The number of hydrogen-bond donors (Lipinski definition) is 2. The monoisotopic (exact) mass is 334 g/mol. The molecular weight excluding hydrogens is 308 g/mol. The minimum absolute atomic E-state index is 0.410. The highest BCUT2D eigenvalue weighted by Gasteiger charge is 2.18. The maximum atomic E-state index is 12.3. The van der Waals surface area contributed by atoms with Gasteiger partial charge in [-0.05, 0) is 43.7 Å². The van der Waals surface area contributed by atoms with E-state index in [-0.39, 0.29) is 0 Å². The molecule has 0 saturated carbocycles. The first kappa shape index (κ1) is 18.6. The van der Waals surface area contributed by atoms with Crippen molar-refractivity contribution in [1.82, 2.24) is 10.0 Å². The van der Waals surface area contributed by atoms with E-state index in [0.717, 1.165) is 43.7 Å². The lowest BCUT2D eigenvalue weighted by Gasteiger charge is -2.08. The van der Waals surface area contributed by atoms with Crippen molar-refractivity contribution in [3.8, 4) is 0 Å². The standard InChI is InChI=1S/C14H26N2O3S2/c1-3-8-15-12-13-14(7-11-20-13)21(17,18)16-9-5-4-6-10-19-2/h7,11,15-16H,3-6,8-10,12H2,1-2H3. The molecule has 21 heavy (non-hydrogen) atoms. The zero-order valence-corrected chi connectivity index (χ0v) is 14.5. The number of nitrogens with one attached hydrogen (secondary N) is 2. The predicted octanol–water partition coefficient (Wildman–Crippen LogP) is 2.34. The van der Waals surface area contributed by atoms with E-state index in [1.54, 1.807) is 13.2 Å². The summed E-state index contributed by atoms with van der Waals surface area (Å²) in [6.45, 7) is 4.79. The molecule has 5 nitrogen and oxygen atoms in total. The van der Waals surface area contributed by atoms with Crippen molar-refractivity contribution in [2.24, 2.45) is 0 Å². The summed E-state index contributed by atoms with van der Waals surface area (Å²) in [6, 6.07) is 1.68. The Morgan fingerprint density at radius 1 is 1.24 bits per heavy atom. The maximum absolute atomic E-state index is 12.3. The molecule has 1 aromatic heterocycles. The smallest absolute Gasteiger partial charge is 0.241 e. The topological polar surface area (TPSA) is 67.4 Å². The number of rotatable bonds is 12. The Kier molecular flexibility index (Phi) is 9.10. The van der Waals surface area contributed by atoms with Gasteiger partial charge in [-0.1, -0.05) is 6.92 Å². The van der Waals surface area contributed by atoms with Crippen LogP contribution in [0.15, 0.2) is 16.3 Å². The molecule has 0 spiro atoms. The van der Waals surface area contributed by atoms with Gasteiger partial charge >= 0.3 is 0 Å². The van der Waals surface area contributed by atoms with Crippen molar-refractivity contribution in [2.45, 2.75) is 44.0 Å². The molecule has 0 aliphatic carbocycles. The molecule has 0 aromatic carbocycles. The summed E-state index contributed by atoms with van der Waals surface area (Å²) in [4.78, 5) is 1.28. The second kappa shape index (κ2) is 10.3. The van der Waals surface area contributed by atoms with Gasteiger partial charge in [-0.25, -0.2) is 13.1 Å². The van der Waals surface area contributed by atoms with E-state index in [0.29, 0.717) is 18.0 Å². The van der Waals surface area contributed by atoms with Gasteiger partial charge in [-0.3, -0.25) is 0 Å². The minimum atomic E-state index is -3.39. The maximum Gasteiger partial charge on any atom is 0.241 e. The lowest BCUT2D eigenvalue weighted by atomic mass is 10.2. The molecule has 0 atom stereocenters. The van der Waals surface area contributed by atoms with E-state index in [1.165, 1.54) is 11.3 Å². The molecule has 0 unspecified atom stereocenters. The van der Waals surface area contributed by atoms with Crippen molar-refractivity contribution in [3.63, 3.8) is 0 Å². The van der Waals surface area contributed by atoms with Crippen LogP contribution in [0, 0.1) is 0 Å². The van der Waals surface area contributed by atoms with Crippen LogP contribution in [0.25, 0.3) is 0 Å². The fourth-order valence-electron chi connectivity index (χ4n) is 1.91. The van der Waals surface area contributed by atoms with Crippen molar-refractivity contribution < 1.29 is 13.2 Å². The van der Waals surface area contributed by atoms with Crippen LogP contribution in [0.5, 0.6) is 0 Å². The normalized spacial score (nSPS) is 11.9. The number of ether oxygens (including phenoxy) is 1. The molecule has 0 aliphatic rings. The second-order valence-corrected chi connectivity index (χ2v) is 7.57. The first-order valence-electron chi connectivity index (χ1n) is 7.37. The van der Waals surface area contributed by atoms with Crippen LogP contribution < -0.4 is 10.0 Å². The SMILES string of the molecule is CCCNCc1sccc1S(=O)(=O)NCCCCCOC. The fourth-order valence-corrected chi connectivity index (χ4v) is 4.39. The largest absolute Gasteiger partial charge is 0.385 e. The molecule has 1 aromatic rings. The molecular formula is C14H26N2O3S2. The molecule has 122 valence electrons. The van der Waals surface area contributed by atoms with E-state index in [2.05, 4.69) is 17.0 Å². The summed E-state index contributed by atoms with van der Waals surface area (Å²) >= 11 is 1.48. The van der Waals surface area contributed by atoms with Crippen LogP contribution in [0.1, 0.15) is 37.5 Å². The molecule has 0 aliphatic heterocycles. The second-order valence-electron chi connectivity index (χ2n) is 4.84. The lowest BCUT2D eigenvalue weighted by Crippen LogP contribution is -2.26. The van der Waals surface area contributed by atoms with E-state index < -0.39 is 10.0 Å². The summed E-state index contributed by atoms with van der Waals surface area (Å²) in [5.74, 6) is 0. The van der Waals surface area contributed by atoms with Crippen LogP contribution in [0.4, 0.5) is 0 Å². The summed E-state index contributed by atoms with van der Waals surface area (Å²) in [5.41, 5.74) is 0. The molecule has 0 radical (unpaired) electrons. The van der Waals surface area contributed by atoms with Crippen LogP contribution in [-0.2, 0) is 21.3 Å². The molecule has 1 rings (SSSR count). The van der Waals surface area contributed by atoms with Gasteiger partial charge in [-0.2, -0.15) is 0 Å².